The summed E-state index contributed by atoms with van der Waals surface area (Å²) in [6.45, 7) is 3.25. The van der Waals surface area contributed by atoms with Gasteiger partial charge in [0.25, 0.3) is 0 Å². The van der Waals surface area contributed by atoms with Crippen molar-refractivity contribution in [2.75, 3.05) is 27.4 Å². The summed E-state index contributed by atoms with van der Waals surface area (Å²) < 4.78 is 11.7. The maximum atomic E-state index is 11.0. The van der Waals surface area contributed by atoms with Crippen molar-refractivity contribution in [3.63, 3.8) is 0 Å². The van der Waals surface area contributed by atoms with E-state index in [4.69, 9.17) is 4.74 Å². The van der Waals surface area contributed by atoms with Crippen LogP contribution in [-0.4, -0.2) is 37.9 Å². The second-order valence-electron chi connectivity index (χ2n) is 4.11. The van der Waals surface area contributed by atoms with Crippen molar-refractivity contribution in [1.29, 1.82) is 0 Å². The third-order valence-electron chi connectivity index (χ3n) is 2.65. The lowest BCUT2D eigenvalue weighted by atomic mass is 10.3. The van der Waals surface area contributed by atoms with Gasteiger partial charge in [-0.25, -0.2) is 0 Å². The lowest BCUT2D eigenvalue weighted by molar-refractivity contribution is -0.140. The molecule has 0 radical (unpaired) electrons. The van der Waals surface area contributed by atoms with E-state index in [1.807, 2.05) is 6.20 Å². The molecule has 0 amide bonds. The zero-order chi connectivity index (χ0) is 13.2. The number of nitrogens with zero attached hydrogens (tertiary/aromatic N) is 1. The van der Waals surface area contributed by atoms with E-state index in [1.165, 1.54) is 12.7 Å². The van der Waals surface area contributed by atoms with Gasteiger partial charge in [-0.15, -0.1) is 0 Å². The smallest absolute Gasteiger partial charge is 0.305 e. The van der Waals surface area contributed by atoms with Crippen molar-refractivity contribution in [2.45, 2.75) is 25.9 Å². The Balaban J connectivity index is 2.19. The van der Waals surface area contributed by atoms with Crippen LogP contribution in [0.25, 0.3) is 0 Å². The van der Waals surface area contributed by atoms with Crippen LogP contribution in [0.2, 0.25) is 0 Å². The maximum Gasteiger partial charge on any atom is 0.305 e. The molecule has 5 nitrogen and oxygen atoms in total. The van der Waals surface area contributed by atoms with Gasteiger partial charge in [-0.1, -0.05) is 0 Å². The Morgan fingerprint density at radius 3 is 3.00 bits per heavy atom. The second-order valence-corrected chi connectivity index (χ2v) is 4.11. The third-order valence-corrected chi connectivity index (χ3v) is 2.65. The average molecular weight is 254 g/mol. The molecule has 0 spiro atoms. The summed E-state index contributed by atoms with van der Waals surface area (Å²) in [5, 5.41) is 3.29. The Labute approximate surface area is 108 Å². The number of ether oxygens (including phenoxy) is 2. The van der Waals surface area contributed by atoms with Gasteiger partial charge in [0.15, 0.2) is 0 Å². The third kappa shape index (κ3) is 5.84. The molecule has 0 fully saturated rings. The number of hydrogen-bond acceptors (Lipinski definition) is 4. The molecule has 5 heteroatoms. The minimum absolute atomic E-state index is 0.149. The quantitative estimate of drug-likeness (QED) is 0.531. The molecule has 1 rings (SSSR count). The summed E-state index contributed by atoms with van der Waals surface area (Å²) in [5.74, 6) is -0.149. The number of aryl methyl sites for hydroxylation is 1. The van der Waals surface area contributed by atoms with Crippen LogP contribution in [-0.2, 0) is 27.4 Å². The molecule has 0 atom stereocenters. The number of esters is 1. The molecule has 0 aliphatic heterocycles. The molecule has 0 aromatic carbocycles. The maximum absolute atomic E-state index is 11.0. The number of carbonyl (C=O) groups is 1. The molecule has 0 aliphatic carbocycles. The number of nitrogens with one attached hydrogen (secondary N) is 1. The van der Waals surface area contributed by atoms with Crippen molar-refractivity contribution in [3.8, 4) is 0 Å². The van der Waals surface area contributed by atoms with Crippen LogP contribution in [0.5, 0.6) is 0 Å². The molecule has 1 N–H and O–H groups in total. The Bertz CT molecular complexity index is 350. The molecule has 0 saturated carbocycles. The fourth-order valence-corrected chi connectivity index (χ4v) is 1.65. The second kappa shape index (κ2) is 8.72. The molecule has 1 aromatic heterocycles. The van der Waals surface area contributed by atoms with Gasteiger partial charge in [0.05, 0.1) is 13.7 Å². The van der Waals surface area contributed by atoms with Crippen molar-refractivity contribution in [2.24, 2.45) is 0 Å². The van der Waals surface area contributed by atoms with Gasteiger partial charge in [-0.05, 0) is 18.1 Å². The van der Waals surface area contributed by atoms with Gasteiger partial charge < -0.3 is 19.4 Å². The van der Waals surface area contributed by atoms with Gasteiger partial charge in [-0.3, -0.25) is 4.79 Å². The van der Waals surface area contributed by atoms with Crippen molar-refractivity contribution >= 4 is 5.97 Å². The monoisotopic (exact) mass is 254 g/mol. The molecule has 102 valence electrons. The zero-order valence-electron chi connectivity index (χ0n) is 11.1. The van der Waals surface area contributed by atoms with E-state index in [0.717, 1.165) is 32.7 Å². The van der Waals surface area contributed by atoms with E-state index in [9.17, 15) is 4.79 Å². The van der Waals surface area contributed by atoms with Crippen LogP contribution in [0.4, 0.5) is 0 Å². The summed E-state index contributed by atoms with van der Waals surface area (Å²) in [5.41, 5.74) is 1.24. The first kappa shape index (κ1) is 14.7. The van der Waals surface area contributed by atoms with Crippen molar-refractivity contribution in [1.82, 2.24) is 9.88 Å². The van der Waals surface area contributed by atoms with E-state index >= 15 is 0 Å². The average Bonchev–Trinajstić information content (AvgIpc) is 2.82. The highest BCUT2D eigenvalue weighted by atomic mass is 16.5. The summed E-state index contributed by atoms with van der Waals surface area (Å²) in [4.78, 5) is 11.0. The molecular weight excluding hydrogens is 232 g/mol. The van der Waals surface area contributed by atoms with Gasteiger partial charge in [0.2, 0.25) is 0 Å². The minimum atomic E-state index is -0.149. The molecular formula is C13H22N2O3. The zero-order valence-corrected chi connectivity index (χ0v) is 11.1. The van der Waals surface area contributed by atoms with E-state index in [1.54, 1.807) is 7.11 Å². The molecule has 0 saturated heterocycles. The summed E-state index contributed by atoms with van der Waals surface area (Å²) in [6, 6.07) is 2.08. The van der Waals surface area contributed by atoms with Crippen molar-refractivity contribution in [3.05, 3.63) is 24.0 Å². The highest BCUT2D eigenvalue weighted by molar-refractivity contribution is 5.68. The fourth-order valence-electron chi connectivity index (χ4n) is 1.65. The van der Waals surface area contributed by atoms with Crippen LogP contribution in [0.15, 0.2) is 18.5 Å². The van der Waals surface area contributed by atoms with E-state index in [0.29, 0.717) is 6.42 Å². The number of aromatic nitrogens is 1. The summed E-state index contributed by atoms with van der Waals surface area (Å²) in [6.07, 6.45) is 5.40. The fraction of sp³-hybridized carbons (Fsp3) is 0.615. The number of methoxy groups -OCH3 is 2. The highest BCUT2D eigenvalue weighted by Crippen LogP contribution is 2.03. The van der Waals surface area contributed by atoms with Crippen LogP contribution in [0, 0.1) is 0 Å². The van der Waals surface area contributed by atoms with Gasteiger partial charge >= 0.3 is 5.97 Å². The normalized spacial score (nSPS) is 10.6. The Morgan fingerprint density at radius 1 is 1.44 bits per heavy atom. The lowest BCUT2D eigenvalue weighted by Gasteiger charge is -2.03. The molecule has 1 heterocycles. The first-order valence-electron chi connectivity index (χ1n) is 6.17. The van der Waals surface area contributed by atoms with Crippen LogP contribution in [0.3, 0.4) is 0 Å². The molecule has 18 heavy (non-hydrogen) atoms. The Morgan fingerprint density at radius 2 is 2.28 bits per heavy atom. The molecule has 0 aliphatic rings. The van der Waals surface area contributed by atoms with Crippen LogP contribution < -0.4 is 5.32 Å². The van der Waals surface area contributed by atoms with E-state index in [-0.39, 0.29) is 5.97 Å². The molecule has 0 unspecified atom stereocenters. The predicted molar refractivity (Wildman–Crippen MR) is 69.3 cm³/mol. The number of carbonyl (C=O) groups excluding carboxylic acids is 1. The summed E-state index contributed by atoms with van der Waals surface area (Å²) >= 11 is 0. The van der Waals surface area contributed by atoms with E-state index in [2.05, 4.69) is 26.9 Å². The topological polar surface area (TPSA) is 52.5 Å². The Kier molecular flexibility index (Phi) is 7.13. The van der Waals surface area contributed by atoms with Crippen LogP contribution >= 0.6 is 0 Å². The number of hydrogen-bond donors (Lipinski definition) is 1. The standard InChI is InChI=1S/C13H22N2O3/c1-17-9-6-14-10-12-5-8-15(11-12)7-3-4-13(16)18-2/h5,8,11,14H,3-4,6-7,9-10H2,1-2H3. The first-order chi connectivity index (χ1) is 8.76. The highest BCUT2D eigenvalue weighted by Gasteiger charge is 2.01. The largest absolute Gasteiger partial charge is 0.469 e. The van der Waals surface area contributed by atoms with Gasteiger partial charge in [0, 0.05) is 45.6 Å². The molecule has 0 bridgehead atoms. The molecule has 1 aromatic rings. The van der Waals surface area contributed by atoms with E-state index < -0.39 is 0 Å². The predicted octanol–water partition coefficient (Wildman–Crippen LogP) is 1.18. The summed E-state index contributed by atoms with van der Waals surface area (Å²) in [7, 11) is 3.11. The van der Waals surface area contributed by atoms with Gasteiger partial charge in [0.1, 0.15) is 0 Å². The first-order valence-corrected chi connectivity index (χ1v) is 6.17. The van der Waals surface area contributed by atoms with Gasteiger partial charge in [-0.2, -0.15) is 0 Å². The SMILES string of the molecule is COCCNCc1ccn(CCCC(=O)OC)c1. The van der Waals surface area contributed by atoms with Crippen LogP contribution in [0.1, 0.15) is 18.4 Å². The lowest BCUT2D eigenvalue weighted by Crippen LogP contribution is -2.18. The number of rotatable bonds is 9. The minimum Gasteiger partial charge on any atom is -0.469 e. The van der Waals surface area contributed by atoms with Crippen molar-refractivity contribution < 1.29 is 14.3 Å². The Hall–Kier alpha value is -1.33.